The Kier molecular flexibility index (Phi) is 26.9. The van der Waals surface area contributed by atoms with Gasteiger partial charge in [-0.3, -0.25) is 19.2 Å². The first-order valence-corrected chi connectivity index (χ1v) is 25.6. The molecule has 0 radical (unpaired) electrons. The number of allylic oxidation sites excluding steroid dienone is 4. The summed E-state index contributed by atoms with van der Waals surface area (Å²) < 4.78 is 130. The third-order valence-corrected chi connectivity index (χ3v) is 13.5. The number of aromatic nitrogens is 3. The molecule has 6 rings (SSSR count). The number of hydrogen-bond acceptors (Lipinski definition) is 11. The Labute approximate surface area is 464 Å². The molecule has 0 unspecified atom stereocenters. The molecule has 3 amide bonds. The van der Waals surface area contributed by atoms with Crippen LogP contribution in [-0.4, -0.2) is 77.8 Å². The molecular formula is C57H66ClF9N6O7. The van der Waals surface area contributed by atoms with Crippen molar-refractivity contribution in [2.75, 3.05) is 37.3 Å². The first-order chi connectivity index (χ1) is 37.7. The number of nitrogens with two attached hydrogens (primary N) is 1. The van der Waals surface area contributed by atoms with Crippen molar-refractivity contribution < 1.29 is 72.9 Å². The van der Waals surface area contributed by atoms with E-state index in [1.807, 2.05) is 30.4 Å². The van der Waals surface area contributed by atoms with E-state index in [1.165, 1.54) is 38.9 Å². The highest BCUT2D eigenvalue weighted by Gasteiger charge is 2.43. The van der Waals surface area contributed by atoms with Crippen LogP contribution < -0.4 is 30.2 Å². The summed E-state index contributed by atoms with van der Waals surface area (Å²) in [4.78, 5) is 57.8. The van der Waals surface area contributed by atoms with Gasteiger partial charge in [-0.1, -0.05) is 62.8 Å². The number of nitrogen functional groups attached to an aromatic ring is 1. The Morgan fingerprint density at radius 1 is 0.550 bits per heavy atom. The minimum absolute atomic E-state index is 0.00985. The number of nitrogens with one attached hydrogen (secondary N) is 1. The summed E-state index contributed by atoms with van der Waals surface area (Å²) in [7, 11) is 4.49. The van der Waals surface area contributed by atoms with Gasteiger partial charge in [0.05, 0.1) is 57.7 Å². The molecule has 3 fully saturated rings. The van der Waals surface area contributed by atoms with Crippen molar-refractivity contribution in [2.24, 2.45) is 35.5 Å². The van der Waals surface area contributed by atoms with Crippen LogP contribution >= 0.6 is 11.6 Å². The second-order valence-electron chi connectivity index (χ2n) is 18.6. The number of carbonyl (C=O) groups is 4. The summed E-state index contributed by atoms with van der Waals surface area (Å²) in [6, 6.07) is 4.84. The van der Waals surface area contributed by atoms with E-state index in [4.69, 9.17) is 31.5 Å². The van der Waals surface area contributed by atoms with Gasteiger partial charge in [-0.25, -0.2) is 19.9 Å². The molecular weight excluding hydrogens is 1090 g/mol. The topological polar surface area (TPSA) is 176 Å². The van der Waals surface area contributed by atoms with Crippen molar-refractivity contribution in [3.8, 4) is 17.2 Å². The van der Waals surface area contributed by atoms with E-state index >= 15 is 0 Å². The molecule has 0 aromatic carbocycles. The number of rotatable bonds is 15. The number of alkyl halides is 9. The molecule has 3 heterocycles. The standard InChI is InChI=1S/C21H23F3N2O3.C18H21F3N2O2.C15H19F3N2O.C3H3ClO/c1-4-19(27)26(20(28)5-2)18-12-15(17(29-3)13-25-18)9-6-14-7-10-16(11-8-14)21(22,23)24;1-3-17(24)23-16-10-13(15(25-2)11-22-16)7-4-12-5-8-14(9-6-12)18(19,20)21;1-21-13-9-20-14(19)8-11(13)5-2-10-3-6-12(7-4-10)15(16,17)18;1-2-3(4)5/h4-6,9,12-14,16H,1-2,7-8,10-11H2,3H3;3-4,7,10-12,14H,1,5-6,8-9H2,2H3,(H,22,23,24);2,5,8-10,12H,3-4,6-7H2,1H3,(H2,19,20);2H,1H2/b9-6+;7-4+;5-2+;. The van der Waals surface area contributed by atoms with Crippen LogP contribution in [0.15, 0.2) is 106 Å². The summed E-state index contributed by atoms with van der Waals surface area (Å²) in [5, 5.41) is 2.05. The minimum atomic E-state index is -4.14. The quantitative estimate of drug-likeness (QED) is 0.0841. The number of anilines is 3. The first-order valence-electron chi connectivity index (χ1n) is 25.2. The maximum Gasteiger partial charge on any atom is 0.391 e. The van der Waals surface area contributed by atoms with Crippen LogP contribution in [0, 0.1) is 35.5 Å². The molecule has 3 aliphatic carbocycles. The Balaban J connectivity index is 0.000000305. The molecule has 0 spiro atoms. The Morgan fingerprint density at radius 3 is 1.21 bits per heavy atom. The molecule has 80 heavy (non-hydrogen) atoms. The lowest BCUT2D eigenvalue weighted by Gasteiger charge is -2.28. The molecule has 3 aromatic rings. The van der Waals surface area contributed by atoms with Gasteiger partial charge >= 0.3 is 18.5 Å². The number of halogens is 10. The highest BCUT2D eigenvalue weighted by Crippen LogP contribution is 2.43. The van der Waals surface area contributed by atoms with E-state index in [9.17, 15) is 58.7 Å². The van der Waals surface area contributed by atoms with E-state index < -0.39 is 53.3 Å². The fourth-order valence-electron chi connectivity index (χ4n) is 8.80. The van der Waals surface area contributed by atoms with Crippen LogP contribution in [-0.2, 0) is 19.2 Å². The maximum atomic E-state index is 12.8. The van der Waals surface area contributed by atoms with Crippen LogP contribution in [0.4, 0.5) is 57.0 Å². The van der Waals surface area contributed by atoms with Gasteiger partial charge in [-0.05, 0) is 149 Å². The zero-order chi connectivity index (χ0) is 59.8. The Hall–Kier alpha value is -7.23. The molecule has 23 heteroatoms. The molecule has 3 aromatic heterocycles. The largest absolute Gasteiger partial charge is 0.495 e. The molecule has 436 valence electrons. The molecule has 0 bridgehead atoms. The fraction of sp³-hybridized carbons (Fsp3) is 0.421. The maximum absolute atomic E-state index is 12.8. The van der Waals surface area contributed by atoms with Gasteiger partial charge in [0.15, 0.2) is 0 Å². The number of nitrogens with zero attached hydrogens (tertiary/aromatic N) is 4. The second kappa shape index (κ2) is 32.1. The number of hydrogen-bond donors (Lipinski definition) is 2. The summed E-state index contributed by atoms with van der Waals surface area (Å²) in [5.74, 6) is -2.64. The predicted molar refractivity (Wildman–Crippen MR) is 291 cm³/mol. The third kappa shape index (κ3) is 22.1. The molecule has 3 saturated carbocycles. The highest BCUT2D eigenvalue weighted by atomic mass is 35.5. The SMILES string of the molecule is C=CC(=O)Cl.C=CC(=O)N(C(=O)C=C)c1cc(/C=C/C2CCC(C(F)(F)F)CC2)c(OC)cn1.C=CC(=O)Nc1cc(/C=C/C2CCC(C(F)(F)F)CC2)c(OC)cn1.COc1cnc(N)cc1/C=C/C1CCC(C(F)(F)F)CC1. The van der Waals surface area contributed by atoms with Gasteiger partial charge in [0.2, 0.25) is 11.1 Å². The van der Waals surface area contributed by atoms with Gasteiger partial charge in [0.25, 0.3) is 11.8 Å². The van der Waals surface area contributed by atoms with Gasteiger partial charge in [0, 0.05) is 16.7 Å². The lowest BCUT2D eigenvalue weighted by atomic mass is 9.81. The highest BCUT2D eigenvalue weighted by molar-refractivity contribution is 6.66. The van der Waals surface area contributed by atoms with Crippen LogP contribution in [0.5, 0.6) is 17.2 Å². The normalized spacial score (nSPS) is 20.3. The van der Waals surface area contributed by atoms with Gasteiger partial charge in [0.1, 0.15) is 34.7 Å². The fourth-order valence-corrected chi connectivity index (χ4v) is 8.80. The zero-order valence-electron chi connectivity index (χ0n) is 44.5. The Morgan fingerprint density at radius 2 is 0.887 bits per heavy atom. The van der Waals surface area contributed by atoms with E-state index in [0.717, 1.165) is 34.8 Å². The smallest absolute Gasteiger partial charge is 0.391 e. The van der Waals surface area contributed by atoms with E-state index in [2.05, 4.69) is 46.6 Å². The average Bonchev–Trinajstić information content (AvgIpc) is 3.47. The van der Waals surface area contributed by atoms with E-state index in [0.29, 0.717) is 78.5 Å². The first kappa shape index (κ1) is 67.0. The van der Waals surface area contributed by atoms with Crippen LogP contribution in [0.25, 0.3) is 18.2 Å². The van der Waals surface area contributed by atoms with Crippen molar-refractivity contribution in [2.45, 2.75) is 95.6 Å². The lowest BCUT2D eigenvalue weighted by molar-refractivity contribution is -0.183. The van der Waals surface area contributed by atoms with Crippen molar-refractivity contribution in [1.29, 1.82) is 0 Å². The number of ether oxygens (including phenoxy) is 3. The van der Waals surface area contributed by atoms with Crippen molar-refractivity contribution in [1.82, 2.24) is 15.0 Å². The zero-order valence-corrected chi connectivity index (χ0v) is 45.3. The van der Waals surface area contributed by atoms with Crippen LogP contribution in [0.3, 0.4) is 0 Å². The minimum Gasteiger partial charge on any atom is -0.495 e. The summed E-state index contributed by atoms with van der Waals surface area (Å²) in [6.45, 7) is 13.2. The lowest BCUT2D eigenvalue weighted by Crippen LogP contribution is -2.35. The summed E-state index contributed by atoms with van der Waals surface area (Å²) in [5.41, 5.74) is 7.68. The van der Waals surface area contributed by atoms with Crippen LogP contribution in [0.2, 0.25) is 0 Å². The number of amides is 3. The Bertz CT molecular complexity index is 2650. The van der Waals surface area contributed by atoms with E-state index in [1.54, 1.807) is 25.3 Å². The van der Waals surface area contributed by atoms with Crippen molar-refractivity contribution >= 4 is 70.2 Å². The monoisotopic (exact) mass is 1150 g/mol. The van der Waals surface area contributed by atoms with Crippen LogP contribution in [0.1, 0.15) is 93.7 Å². The molecule has 3 N–H and O–H groups in total. The predicted octanol–water partition coefficient (Wildman–Crippen LogP) is 14.3. The van der Waals surface area contributed by atoms with Gasteiger partial charge in [-0.2, -0.15) is 39.5 Å². The average molecular weight is 1150 g/mol. The van der Waals surface area contributed by atoms with Crippen molar-refractivity contribution in [3.05, 3.63) is 122 Å². The third-order valence-electron chi connectivity index (χ3n) is 13.3. The number of carbonyl (C=O) groups excluding carboxylic acids is 4. The second-order valence-corrected chi connectivity index (χ2v) is 19.0. The molecule has 3 aliphatic rings. The van der Waals surface area contributed by atoms with E-state index in [-0.39, 0.29) is 68.0 Å². The number of methoxy groups -OCH3 is 3. The molecule has 0 atom stereocenters. The molecule has 0 saturated heterocycles. The van der Waals surface area contributed by atoms with Gasteiger partial charge in [-0.15, -0.1) is 0 Å². The number of pyridine rings is 3. The summed E-state index contributed by atoms with van der Waals surface area (Å²) in [6.07, 6.45) is 11.3. The number of imide groups is 1. The molecule has 0 aliphatic heterocycles. The van der Waals surface area contributed by atoms with Crippen molar-refractivity contribution in [3.63, 3.8) is 0 Å². The summed E-state index contributed by atoms with van der Waals surface area (Å²) >= 11 is 4.71. The van der Waals surface area contributed by atoms with Gasteiger partial charge < -0.3 is 25.3 Å². The molecule has 13 nitrogen and oxygen atoms in total.